The summed E-state index contributed by atoms with van der Waals surface area (Å²) in [5, 5.41) is 22.3. The van der Waals surface area contributed by atoms with Gasteiger partial charge in [0.05, 0.1) is 17.0 Å². The summed E-state index contributed by atoms with van der Waals surface area (Å²) in [6.45, 7) is 7.52. The van der Waals surface area contributed by atoms with E-state index < -0.39 is 0 Å². The van der Waals surface area contributed by atoms with Gasteiger partial charge in [-0.3, -0.25) is 4.79 Å². The van der Waals surface area contributed by atoms with Crippen LogP contribution in [-0.2, 0) is 11.3 Å². The van der Waals surface area contributed by atoms with E-state index in [0.717, 1.165) is 28.6 Å². The van der Waals surface area contributed by atoms with E-state index in [4.69, 9.17) is 0 Å². The number of anilines is 1. The Balaban J connectivity index is 1.85. The summed E-state index contributed by atoms with van der Waals surface area (Å²) in [5.74, 6) is 0.269. The van der Waals surface area contributed by atoms with Crippen molar-refractivity contribution in [1.82, 2.24) is 14.5 Å². The molecule has 1 N–H and O–H groups in total. The molecule has 0 aliphatic rings. The predicted octanol–water partition coefficient (Wildman–Crippen LogP) is 4.17. The van der Waals surface area contributed by atoms with Gasteiger partial charge in [-0.1, -0.05) is 23.9 Å². The van der Waals surface area contributed by atoms with Gasteiger partial charge >= 0.3 is 0 Å². The van der Waals surface area contributed by atoms with Crippen LogP contribution < -0.4 is 5.32 Å². The minimum Gasteiger partial charge on any atom is -0.326 e. The van der Waals surface area contributed by atoms with Crippen LogP contribution in [0, 0.1) is 56.2 Å². The van der Waals surface area contributed by atoms with Crippen molar-refractivity contribution >= 4 is 23.5 Å². The fourth-order valence-corrected chi connectivity index (χ4v) is 4.19. The second-order valence-electron chi connectivity index (χ2n) is 7.24. The normalized spacial score (nSPS) is 10.5. The van der Waals surface area contributed by atoms with Gasteiger partial charge in [0.2, 0.25) is 5.91 Å². The number of hydrogen-bond acceptors (Lipinski definition) is 6. The van der Waals surface area contributed by atoms with Crippen LogP contribution in [0.4, 0.5) is 10.2 Å². The largest absolute Gasteiger partial charge is 0.326 e. The fraction of sp³-hybridized carbons (Fsp3) is 0.261. The molecule has 0 radical (unpaired) electrons. The summed E-state index contributed by atoms with van der Waals surface area (Å²) in [6.07, 6.45) is 0. The number of aromatic nitrogens is 3. The van der Waals surface area contributed by atoms with E-state index in [9.17, 15) is 19.7 Å². The topological polar surface area (TPSA) is 107 Å². The van der Waals surface area contributed by atoms with Crippen LogP contribution in [0.25, 0.3) is 0 Å². The maximum atomic E-state index is 13.3. The van der Waals surface area contributed by atoms with Gasteiger partial charge in [0.1, 0.15) is 40.2 Å². The van der Waals surface area contributed by atoms with Crippen LogP contribution in [0.5, 0.6) is 0 Å². The van der Waals surface area contributed by atoms with Crippen LogP contribution in [0.15, 0.2) is 29.3 Å². The number of amides is 1. The monoisotopic (exact) mass is 448 g/mol. The summed E-state index contributed by atoms with van der Waals surface area (Å²) in [5.41, 5.74) is 3.74. The first-order chi connectivity index (χ1) is 15.2. The Morgan fingerprint density at radius 3 is 2.38 bits per heavy atom. The number of rotatable bonds is 6. The summed E-state index contributed by atoms with van der Waals surface area (Å²) in [7, 11) is 0. The van der Waals surface area contributed by atoms with E-state index in [1.54, 1.807) is 26.0 Å². The number of carbonyl (C=O) groups is 1. The molecule has 0 aliphatic heterocycles. The number of nitriles is 2. The number of aryl methyl sites for hydroxylation is 2. The van der Waals surface area contributed by atoms with Crippen molar-refractivity contribution in [2.24, 2.45) is 0 Å². The Morgan fingerprint density at radius 1 is 1.09 bits per heavy atom. The number of carbonyl (C=O) groups excluding carboxylic acids is 1. The second-order valence-corrected chi connectivity index (χ2v) is 8.21. The van der Waals surface area contributed by atoms with Gasteiger partial charge in [-0.15, -0.1) is 0 Å². The fourth-order valence-electron chi connectivity index (χ4n) is 3.32. The van der Waals surface area contributed by atoms with E-state index in [2.05, 4.69) is 27.4 Å². The summed E-state index contributed by atoms with van der Waals surface area (Å²) in [4.78, 5) is 21.2. The maximum Gasteiger partial charge on any atom is 0.235 e. The molecule has 0 saturated carbocycles. The van der Waals surface area contributed by atoms with Gasteiger partial charge in [-0.2, -0.15) is 10.5 Å². The van der Waals surface area contributed by atoms with E-state index in [1.165, 1.54) is 12.1 Å². The van der Waals surface area contributed by atoms with E-state index in [1.807, 2.05) is 18.4 Å². The Labute approximate surface area is 189 Å². The lowest BCUT2D eigenvalue weighted by Crippen LogP contribution is -2.19. The molecule has 162 valence electrons. The van der Waals surface area contributed by atoms with Crippen molar-refractivity contribution < 1.29 is 9.18 Å². The number of nitrogens with zero attached hydrogens (tertiary/aromatic N) is 5. The molecule has 32 heavy (non-hydrogen) atoms. The number of halogens is 1. The van der Waals surface area contributed by atoms with Gasteiger partial charge in [0.25, 0.3) is 0 Å². The molecular weight excluding hydrogens is 427 g/mol. The molecule has 2 aromatic heterocycles. The number of nitrogens with one attached hydrogen (secondary N) is 1. The summed E-state index contributed by atoms with van der Waals surface area (Å²) < 4.78 is 15.1. The predicted molar refractivity (Wildman–Crippen MR) is 120 cm³/mol. The van der Waals surface area contributed by atoms with Crippen molar-refractivity contribution in [1.29, 1.82) is 10.5 Å². The summed E-state index contributed by atoms with van der Waals surface area (Å²) in [6, 6.07) is 10.3. The SMILES string of the molecule is Cc1nc(C)c(C#N)c(SCC(=O)Nc2c(C#N)c(C)c(C)n2Cc2ccc(F)cc2)n1. The van der Waals surface area contributed by atoms with Crippen molar-refractivity contribution in [3.63, 3.8) is 0 Å². The highest BCUT2D eigenvalue weighted by molar-refractivity contribution is 8.00. The molecule has 7 nitrogen and oxygen atoms in total. The first-order valence-electron chi connectivity index (χ1n) is 9.77. The molecule has 0 fully saturated rings. The average molecular weight is 449 g/mol. The molecule has 1 amide bonds. The lowest BCUT2D eigenvalue weighted by atomic mass is 10.2. The second kappa shape index (κ2) is 9.63. The highest BCUT2D eigenvalue weighted by atomic mass is 32.2. The Hall–Kier alpha value is -3.69. The zero-order chi connectivity index (χ0) is 23.4. The molecule has 0 unspecified atom stereocenters. The van der Waals surface area contributed by atoms with Gasteiger partial charge in [0.15, 0.2) is 0 Å². The molecule has 0 spiro atoms. The third-order valence-corrected chi connectivity index (χ3v) is 6.05. The molecule has 0 saturated heterocycles. The van der Waals surface area contributed by atoms with Crippen LogP contribution in [0.1, 0.15) is 39.5 Å². The third kappa shape index (κ3) is 4.79. The van der Waals surface area contributed by atoms with Gasteiger partial charge in [-0.25, -0.2) is 14.4 Å². The van der Waals surface area contributed by atoms with Crippen LogP contribution >= 0.6 is 11.8 Å². The van der Waals surface area contributed by atoms with E-state index >= 15 is 0 Å². The Kier molecular flexibility index (Phi) is 6.92. The van der Waals surface area contributed by atoms with Crippen LogP contribution in [-0.4, -0.2) is 26.2 Å². The molecule has 2 heterocycles. The van der Waals surface area contributed by atoms with Gasteiger partial charge in [0, 0.05) is 12.2 Å². The number of hydrogen-bond donors (Lipinski definition) is 1. The van der Waals surface area contributed by atoms with Crippen molar-refractivity contribution in [2.45, 2.75) is 39.3 Å². The molecule has 3 aromatic rings. The van der Waals surface area contributed by atoms with Crippen molar-refractivity contribution in [3.05, 3.63) is 69.5 Å². The average Bonchev–Trinajstić information content (AvgIpc) is 2.97. The van der Waals surface area contributed by atoms with Crippen molar-refractivity contribution in [3.8, 4) is 12.1 Å². The van der Waals surface area contributed by atoms with E-state index in [0.29, 0.717) is 40.0 Å². The summed E-state index contributed by atoms with van der Waals surface area (Å²) >= 11 is 1.14. The Morgan fingerprint density at radius 2 is 1.75 bits per heavy atom. The minimum absolute atomic E-state index is 0.00919. The maximum absolute atomic E-state index is 13.3. The molecule has 0 bridgehead atoms. The molecule has 9 heteroatoms. The number of thioether (sulfide) groups is 1. The standard InChI is InChI=1S/C23H21FN6OS/c1-13-15(3)30(11-17-5-7-18(24)8-6-17)22(19(13)9-25)29-21(31)12-32-23-20(10-26)14(2)27-16(4)28-23/h5-8H,11-12H2,1-4H3,(H,29,31). The third-order valence-electron chi connectivity index (χ3n) is 5.07. The molecular formula is C23H21FN6OS. The lowest BCUT2D eigenvalue weighted by molar-refractivity contribution is -0.113. The van der Waals surface area contributed by atoms with Crippen molar-refractivity contribution in [2.75, 3.05) is 11.1 Å². The smallest absolute Gasteiger partial charge is 0.235 e. The zero-order valence-electron chi connectivity index (χ0n) is 18.2. The molecule has 0 aliphatic carbocycles. The number of benzene rings is 1. The zero-order valence-corrected chi connectivity index (χ0v) is 19.0. The quantitative estimate of drug-likeness (QED) is 0.448. The van der Waals surface area contributed by atoms with Gasteiger partial charge in [-0.05, 0) is 51.0 Å². The highest BCUT2D eigenvalue weighted by Crippen LogP contribution is 2.28. The molecule has 1 aromatic carbocycles. The first kappa shape index (κ1) is 23.0. The highest BCUT2D eigenvalue weighted by Gasteiger charge is 2.20. The van der Waals surface area contributed by atoms with Gasteiger partial charge < -0.3 is 9.88 Å². The molecule has 0 atom stereocenters. The Bertz CT molecular complexity index is 1270. The van der Waals surface area contributed by atoms with E-state index in [-0.39, 0.29) is 17.5 Å². The first-order valence-corrected chi connectivity index (χ1v) is 10.8. The minimum atomic E-state index is -0.331. The van der Waals surface area contributed by atoms with Crippen LogP contribution in [0.3, 0.4) is 0 Å². The van der Waals surface area contributed by atoms with Crippen LogP contribution in [0.2, 0.25) is 0 Å². The lowest BCUT2D eigenvalue weighted by Gasteiger charge is -2.13. The molecule has 3 rings (SSSR count).